The molecule has 3 aromatic heterocycles. The van der Waals surface area contributed by atoms with Gasteiger partial charge in [0.05, 0.1) is 17.7 Å². The molecule has 4 rings (SSSR count). The maximum absolute atomic E-state index is 13.2. The second kappa shape index (κ2) is 6.40. The highest BCUT2D eigenvalue weighted by molar-refractivity contribution is 5.94. The molecule has 3 heterocycles. The van der Waals surface area contributed by atoms with Crippen LogP contribution in [0.25, 0.3) is 16.9 Å². The molecule has 0 amide bonds. The smallest absolute Gasteiger partial charge is 0.295 e. The molecule has 0 spiro atoms. The van der Waals surface area contributed by atoms with Crippen LogP contribution in [-0.4, -0.2) is 24.9 Å². The summed E-state index contributed by atoms with van der Waals surface area (Å²) in [6, 6.07) is 14.5. The van der Waals surface area contributed by atoms with Crippen molar-refractivity contribution in [2.45, 2.75) is 13.5 Å². The average molecular weight is 344 g/mol. The monoisotopic (exact) mass is 344 g/mol. The van der Waals surface area contributed by atoms with Gasteiger partial charge in [0.15, 0.2) is 11.4 Å². The molecular formula is C20H16N4O2. The number of carbonyl (C=O) groups is 1. The maximum atomic E-state index is 13.2. The number of pyridine rings is 2. The molecule has 0 bridgehead atoms. The van der Waals surface area contributed by atoms with Crippen molar-refractivity contribution >= 4 is 16.9 Å². The first-order valence-corrected chi connectivity index (χ1v) is 8.21. The summed E-state index contributed by atoms with van der Waals surface area (Å²) in [5, 5.41) is 0. The fraction of sp³-hybridized carbons (Fsp3) is 0.100. The molecule has 0 unspecified atom stereocenters. The Balaban J connectivity index is 1.94. The largest absolute Gasteiger partial charge is 0.335 e. The first kappa shape index (κ1) is 16.0. The molecule has 6 heteroatoms. The lowest BCUT2D eigenvalue weighted by molar-refractivity contribution is 0.101. The third-order valence-electron chi connectivity index (χ3n) is 4.29. The zero-order chi connectivity index (χ0) is 18.1. The van der Waals surface area contributed by atoms with Gasteiger partial charge >= 0.3 is 5.69 Å². The van der Waals surface area contributed by atoms with E-state index in [1.165, 1.54) is 6.92 Å². The van der Waals surface area contributed by atoms with Crippen LogP contribution in [-0.2, 0) is 6.54 Å². The molecule has 0 fully saturated rings. The number of hydrogen-bond acceptors (Lipinski definition) is 4. The lowest BCUT2D eigenvalue weighted by atomic mass is 10.1. The van der Waals surface area contributed by atoms with E-state index in [2.05, 4.69) is 9.97 Å². The minimum atomic E-state index is -0.198. The molecule has 4 aromatic rings. The molecule has 0 aliphatic heterocycles. The summed E-state index contributed by atoms with van der Waals surface area (Å²) >= 11 is 0. The fourth-order valence-corrected chi connectivity index (χ4v) is 3.01. The van der Waals surface area contributed by atoms with Crippen LogP contribution in [0.3, 0.4) is 0 Å². The number of ketones is 1. The van der Waals surface area contributed by atoms with E-state index in [0.717, 1.165) is 11.1 Å². The first-order valence-electron chi connectivity index (χ1n) is 8.21. The van der Waals surface area contributed by atoms with Crippen LogP contribution in [0.4, 0.5) is 0 Å². The number of nitrogens with zero attached hydrogens (tertiary/aromatic N) is 4. The molecule has 1 aromatic carbocycles. The lowest BCUT2D eigenvalue weighted by Crippen LogP contribution is -2.24. The molecule has 0 N–H and O–H groups in total. The van der Waals surface area contributed by atoms with Gasteiger partial charge in [-0.25, -0.2) is 14.3 Å². The maximum Gasteiger partial charge on any atom is 0.335 e. The molecule has 0 radical (unpaired) electrons. The van der Waals surface area contributed by atoms with Crippen molar-refractivity contribution in [2.75, 3.05) is 0 Å². The number of hydrogen-bond donors (Lipinski definition) is 0. The van der Waals surface area contributed by atoms with Gasteiger partial charge in [0.1, 0.15) is 0 Å². The summed E-state index contributed by atoms with van der Waals surface area (Å²) < 4.78 is 3.22. The van der Waals surface area contributed by atoms with Crippen LogP contribution in [0.2, 0.25) is 0 Å². The minimum Gasteiger partial charge on any atom is -0.295 e. The summed E-state index contributed by atoms with van der Waals surface area (Å²) in [6.45, 7) is 1.93. The Bertz CT molecular complexity index is 1160. The Morgan fingerprint density at radius 3 is 2.62 bits per heavy atom. The summed E-state index contributed by atoms with van der Waals surface area (Å²) in [5.41, 5.74) is 3.26. The van der Waals surface area contributed by atoms with E-state index in [1.54, 1.807) is 58.1 Å². The van der Waals surface area contributed by atoms with Gasteiger partial charge in [0.2, 0.25) is 0 Å². The molecule has 0 saturated heterocycles. The molecule has 0 atom stereocenters. The Kier molecular flexibility index (Phi) is 3.93. The van der Waals surface area contributed by atoms with Crippen LogP contribution in [0.15, 0.2) is 71.9 Å². The Morgan fingerprint density at radius 2 is 1.85 bits per heavy atom. The van der Waals surface area contributed by atoms with Gasteiger partial charge in [-0.2, -0.15) is 0 Å². The van der Waals surface area contributed by atoms with E-state index in [4.69, 9.17) is 0 Å². The molecule has 6 nitrogen and oxygen atoms in total. The zero-order valence-corrected chi connectivity index (χ0v) is 14.2. The van der Waals surface area contributed by atoms with Crippen molar-refractivity contribution in [1.29, 1.82) is 0 Å². The number of aromatic nitrogens is 4. The van der Waals surface area contributed by atoms with Gasteiger partial charge in [-0.3, -0.25) is 14.3 Å². The summed E-state index contributed by atoms with van der Waals surface area (Å²) in [4.78, 5) is 33.3. The Morgan fingerprint density at radius 1 is 1.04 bits per heavy atom. The molecule has 26 heavy (non-hydrogen) atoms. The van der Waals surface area contributed by atoms with Crippen molar-refractivity contribution < 1.29 is 4.79 Å². The molecule has 0 aliphatic carbocycles. The van der Waals surface area contributed by atoms with Crippen molar-refractivity contribution in [2.24, 2.45) is 0 Å². The van der Waals surface area contributed by atoms with Crippen LogP contribution < -0.4 is 5.69 Å². The summed E-state index contributed by atoms with van der Waals surface area (Å²) in [5.74, 6) is -0.0478. The Labute approximate surface area is 149 Å². The second-order valence-electron chi connectivity index (χ2n) is 6.01. The highest BCUT2D eigenvalue weighted by Gasteiger charge is 2.16. The first-order chi connectivity index (χ1) is 12.6. The predicted molar refractivity (Wildman–Crippen MR) is 98.7 cm³/mol. The van der Waals surface area contributed by atoms with E-state index in [9.17, 15) is 9.59 Å². The third-order valence-corrected chi connectivity index (χ3v) is 4.29. The van der Waals surface area contributed by atoms with Crippen LogP contribution in [0.1, 0.15) is 22.8 Å². The number of rotatable bonds is 4. The molecule has 0 aliphatic rings. The van der Waals surface area contributed by atoms with E-state index in [0.29, 0.717) is 23.4 Å². The van der Waals surface area contributed by atoms with Crippen molar-refractivity contribution in [1.82, 2.24) is 19.1 Å². The number of imidazole rings is 1. The lowest BCUT2D eigenvalue weighted by Gasteiger charge is -2.04. The van der Waals surface area contributed by atoms with Gasteiger partial charge in [0.25, 0.3) is 0 Å². The quantitative estimate of drug-likeness (QED) is 0.534. The molecular weight excluding hydrogens is 328 g/mol. The molecule has 0 saturated carbocycles. The average Bonchev–Trinajstić information content (AvgIpc) is 2.94. The van der Waals surface area contributed by atoms with Gasteiger partial charge < -0.3 is 0 Å². The zero-order valence-electron chi connectivity index (χ0n) is 14.2. The number of Topliss-reactive ketones (excluding diaryl/α,β-unsaturated/α-hetero) is 1. The van der Waals surface area contributed by atoms with E-state index >= 15 is 0 Å². The highest BCUT2D eigenvalue weighted by atomic mass is 16.2. The van der Waals surface area contributed by atoms with E-state index in [-0.39, 0.29) is 11.5 Å². The number of carbonyl (C=O) groups excluding carboxylic acids is 1. The summed E-state index contributed by atoms with van der Waals surface area (Å²) in [6.07, 6.45) is 5.06. The number of fused-ring (bicyclic) bond motifs is 1. The van der Waals surface area contributed by atoms with Gasteiger partial charge in [-0.15, -0.1) is 0 Å². The Hall–Kier alpha value is -3.54. The van der Waals surface area contributed by atoms with Gasteiger partial charge in [-0.1, -0.05) is 12.1 Å². The SMILES string of the molecule is CC(=O)c1cccc(-n2c(=O)n(Cc3ccncc3)c3cccnc32)c1. The van der Waals surface area contributed by atoms with Crippen molar-refractivity contribution in [3.8, 4) is 5.69 Å². The van der Waals surface area contributed by atoms with Crippen LogP contribution >= 0.6 is 0 Å². The van der Waals surface area contributed by atoms with Crippen molar-refractivity contribution in [3.63, 3.8) is 0 Å². The van der Waals surface area contributed by atoms with E-state index < -0.39 is 0 Å². The normalized spacial score (nSPS) is 11.0. The third kappa shape index (κ3) is 2.71. The van der Waals surface area contributed by atoms with Gasteiger partial charge in [0, 0.05) is 24.2 Å². The fourth-order valence-electron chi connectivity index (χ4n) is 3.01. The minimum absolute atomic E-state index is 0.0478. The van der Waals surface area contributed by atoms with Crippen LogP contribution in [0, 0.1) is 0 Å². The van der Waals surface area contributed by atoms with Crippen LogP contribution in [0.5, 0.6) is 0 Å². The number of benzene rings is 1. The van der Waals surface area contributed by atoms with Gasteiger partial charge in [-0.05, 0) is 48.9 Å². The van der Waals surface area contributed by atoms with Crippen molar-refractivity contribution in [3.05, 3.63) is 88.7 Å². The predicted octanol–water partition coefficient (Wildman–Crippen LogP) is 2.83. The topological polar surface area (TPSA) is 69.8 Å². The standard InChI is InChI=1S/C20H16N4O2/c1-14(25)16-4-2-5-17(12-16)24-19-18(6-3-9-22-19)23(20(24)26)13-15-7-10-21-11-8-15/h2-12H,13H2,1H3. The second-order valence-corrected chi connectivity index (χ2v) is 6.01. The molecule has 128 valence electrons. The van der Waals surface area contributed by atoms with E-state index in [1.807, 2.05) is 18.2 Å². The summed E-state index contributed by atoms with van der Waals surface area (Å²) in [7, 11) is 0. The highest BCUT2D eigenvalue weighted by Crippen LogP contribution is 2.18.